The van der Waals surface area contributed by atoms with Crippen molar-refractivity contribution in [3.63, 3.8) is 0 Å². The number of hydrogen-bond acceptors (Lipinski definition) is 3. The van der Waals surface area contributed by atoms with Crippen LogP contribution in [0.1, 0.15) is 21.8 Å². The molecule has 0 radical (unpaired) electrons. The summed E-state index contributed by atoms with van der Waals surface area (Å²) in [5.74, 6) is -0.222. The molecule has 0 unspecified atom stereocenters. The molecular formula is C17H16Cl2N2O3. The minimum atomic E-state index is -1.00. The van der Waals surface area contributed by atoms with E-state index in [1.165, 1.54) is 0 Å². The minimum Gasteiger partial charge on any atom is -0.477 e. The number of benzene rings is 1. The molecule has 0 saturated carbocycles. The van der Waals surface area contributed by atoms with Crippen LogP contribution in [0.3, 0.4) is 0 Å². The predicted molar refractivity (Wildman–Crippen MR) is 94.1 cm³/mol. The number of halogens is 2. The van der Waals surface area contributed by atoms with Crippen LogP contribution in [0.2, 0.25) is 10.0 Å². The minimum absolute atomic E-state index is 0.172. The third kappa shape index (κ3) is 3.29. The Labute approximate surface area is 149 Å². The van der Waals surface area contributed by atoms with Crippen LogP contribution >= 0.6 is 23.2 Å². The second-order valence-electron chi connectivity index (χ2n) is 5.87. The monoisotopic (exact) mass is 366 g/mol. The van der Waals surface area contributed by atoms with Gasteiger partial charge in [0.05, 0.1) is 22.1 Å². The van der Waals surface area contributed by atoms with Crippen molar-refractivity contribution in [1.29, 1.82) is 0 Å². The zero-order valence-corrected chi connectivity index (χ0v) is 14.7. The molecule has 0 spiro atoms. The quantitative estimate of drug-likeness (QED) is 0.729. The Balaban J connectivity index is 2.05. The predicted octanol–water partition coefficient (Wildman–Crippen LogP) is 4.35. The maximum atomic E-state index is 11.5. The number of furan rings is 1. The molecule has 2 aromatic heterocycles. The Morgan fingerprint density at radius 3 is 2.58 bits per heavy atom. The van der Waals surface area contributed by atoms with Crippen LogP contribution in [-0.4, -0.2) is 34.6 Å². The van der Waals surface area contributed by atoms with E-state index in [4.69, 9.17) is 27.6 Å². The van der Waals surface area contributed by atoms with Gasteiger partial charge in [-0.05, 0) is 31.8 Å². The highest BCUT2D eigenvalue weighted by atomic mass is 35.5. The Bertz CT molecular complexity index is 912. The summed E-state index contributed by atoms with van der Waals surface area (Å²) in [7, 11) is 3.89. The molecule has 5 nitrogen and oxygen atoms in total. The SMILES string of the molecule is CN(C)Cc1cc2c(cc(C(=O)O)n2Cc2ccc(Cl)c(Cl)c2)o1. The lowest BCUT2D eigenvalue weighted by Crippen LogP contribution is -2.10. The highest BCUT2D eigenvalue weighted by Crippen LogP contribution is 2.28. The van der Waals surface area contributed by atoms with Gasteiger partial charge in [-0.25, -0.2) is 4.79 Å². The number of carboxylic acid groups (broad SMARTS) is 1. The first-order chi connectivity index (χ1) is 11.3. The summed E-state index contributed by atoms with van der Waals surface area (Å²) in [6.07, 6.45) is 0. The smallest absolute Gasteiger partial charge is 0.352 e. The van der Waals surface area contributed by atoms with E-state index in [0.29, 0.717) is 28.7 Å². The lowest BCUT2D eigenvalue weighted by atomic mass is 10.2. The van der Waals surface area contributed by atoms with E-state index in [-0.39, 0.29) is 5.69 Å². The number of aromatic nitrogens is 1. The van der Waals surface area contributed by atoms with E-state index in [9.17, 15) is 9.90 Å². The molecule has 24 heavy (non-hydrogen) atoms. The van der Waals surface area contributed by atoms with Crippen LogP contribution in [0.4, 0.5) is 0 Å². The highest BCUT2D eigenvalue weighted by molar-refractivity contribution is 6.42. The van der Waals surface area contributed by atoms with Crippen molar-refractivity contribution in [3.8, 4) is 0 Å². The van der Waals surface area contributed by atoms with E-state index in [0.717, 1.165) is 16.8 Å². The van der Waals surface area contributed by atoms with Crippen molar-refractivity contribution in [1.82, 2.24) is 9.47 Å². The lowest BCUT2D eigenvalue weighted by Gasteiger charge is -2.09. The molecule has 0 fully saturated rings. The summed E-state index contributed by atoms with van der Waals surface area (Å²) in [5.41, 5.74) is 2.34. The van der Waals surface area contributed by atoms with Crippen molar-refractivity contribution in [2.24, 2.45) is 0 Å². The Morgan fingerprint density at radius 2 is 1.96 bits per heavy atom. The van der Waals surface area contributed by atoms with Gasteiger partial charge in [0, 0.05) is 18.7 Å². The van der Waals surface area contributed by atoms with Crippen molar-refractivity contribution in [2.45, 2.75) is 13.1 Å². The van der Waals surface area contributed by atoms with Crippen molar-refractivity contribution in [2.75, 3.05) is 14.1 Å². The second kappa shape index (κ2) is 6.51. The number of rotatable bonds is 5. The van der Waals surface area contributed by atoms with Gasteiger partial charge < -0.3 is 19.0 Å². The number of fused-ring (bicyclic) bond motifs is 1. The van der Waals surface area contributed by atoms with E-state index in [2.05, 4.69) is 0 Å². The normalized spacial score (nSPS) is 11.5. The molecule has 0 aliphatic heterocycles. The van der Waals surface area contributed by atoms with Crippen molar-refractivity contribution in [3.05, 3.63) is 57.4 Å². The molecule has 0 aliphatic rings. The summed E-state index contributed by atoms with van der Waals surface area (Å²) in [4.78, 5) is 13.5. The van der Waals surface area contributed by atoms with Gasteiger partial charge in [0.15, 0.2) is 5.58 Å². The van der Waals surface area contributed by atoms with Crippen LogP contribution in [0.5, 0.6) is 0 Å². The average molecular weight is 367 g/mol. The first kappa shape index (κ1) is 16.9. The topological polar surface area (TPSA) is 58.6 Å². The lowest BCUT2D eigenvalue weighted by molar-refractivity contribution is 0.0686. The highest BCUT2D eigenvalue weighted by Gasteiger charge is 2.19. The fraction of sp³-hybridized carbons (Fsp3) is 0.235. The van der Waals surface area contributed by atoms with Crippen LogP contribution in [0.25, 0.3) is 11.1 Å². The molecule has 3 aromatic rings. The van der Waals surface area contributed by atoms with E-state index in [1.807, 2.05) is 31.1 Å². The summed E-state index contributed by atoms with van der Waals surface area (Å²) >= 11 is 12.0. The first-order valence-corrected chi connectivity index (χ1v) is 8.04. The molecule has 0 aliphatic carbocycles. The Morgan fingerprint density at radius 1 is 1.21 bits per heavy atom. The maximum absolute atomic E-state index is 11.5. The molecule has 2 heterocycles. The fourth-order valence-corrected chi connectivity index (χ4v) is 2.97. The van der Waals surface area contributed by atoms with Gasteiger partial charge in [-0.15, -0.1) is 0 Å². The van der Waals surface area contributed by atoms with Crippen LogP contribution in [0.15, 0.2) is 34.7 Å². The van der Waals surface area contributed by atoms with Crippen LogP contribution in [0, 0.1) is 0 Å². The molecule has 0 atom stereocenters. The molecule has 1 aromatic carbocycles. The molecule has 1 N–H and O–H groups in total. The van der Waals surface area contributed by atoms with Gasteiger partial charge >= 0.3 is 5.97 Å². The standard InChI is InChI=1S/C17H16Cl2N2O3/c1-20(2)9-11-6-14-16(24-11)7-15(17(22)23)21(14)8-10-3-4-12(18)13(19)5-10/h3-7H,8-9H2,1-2H3,(H,22,23). The number of carboxylic acids is 1. The summed E-state index contributed by atoms with van der Waals surface area (Å²) in [5, 5.41) is 10.4. The van der Waals surface area contributed by atoms with E-state index in [1.54, 1.807) is 22.8 Å². The Hall–Kier alpha value is -1.95. The van der Waals surface area contributed by atoms with Crippen molar-refractivity contribution >= 4 is 40.3 Å². The summed E-state index contributed by atoms with van der Waals surface area (Å²) < 4.78 is 7.47. The third-order valence-corrected chi connectivity index (χ3v) is 4.40. The number of nitrogens with zero attached hydrogens (tertiary/aromatic N) is 2. The molecule has 0 amide bonds. The molecule has 126 valence electrons. The van der Waals surface area contributed by atoms with Crippen molar-refractivity contribution < 1.29 is 14.3 Å². The third-order valence-electron chi connectivity index (χ3n) is 3.66. The largest absolute Gasteiger partial charge is 0.477 e. The maximum Gasteiger partial charge on any atom is 0.352 e. The molecular weight excluding hydrogens is 351 g/mol. The fourth-order valence-electron chi connectivity index (χ4n) is 2.65. The summed E-state index contributed by atoms with van der Waals surface area (Å²) in [6.45, 7) is 1.01. The number of aromatic carboxylic acids is 1. The molecule has 7 heteroatoms. The molecule has 0 bridgehead atoms. The zero-order valence-electron chi connectivity index (χ0n) is 13.2. The van der Waals surface area contributed by atoms with Gasteiger partial charge in [0.1, 0.15) is 11.5 Å². The van der Waals surface area contributed by atoms with Crippen LogP contribution in [-0.2, 0) is 13.1 Å². The van der Waals surface area contributed by atoms with Gasteiger partial charge in [0.25, 0.3) is 0 Å². The average Bonchev–Trinajstić information content (AvgIpc) is 3.01. The first-order valence-electron chi connectivity index (χ1n) is 7.29. The van der Waals surface area contributed by atoms with Gasteiger partial charge in [-0.3, -0.25) is 0 Å². The van der Waals surface area contributed by atoms with E-state index < -0.39 is 5.97 Å². The van der Waals surface area contributed by atoms with E-state index >= 15 is 0 Å². The molecule has 0 saturated heterocycles. The second-order valence-corrected chi connectivity index (χ2v) is 6.68. The number of carbonyl (C=O) groups is 1. The molecule has 3 rings (SSSR count). The Kier molecular flexibility index (Phi) is 4.58. The van der Waals surface area contributed by atoms with Gasteiger partial charge in [-0.2, -0.15) is 0 Å². The van der Waals surface area contributed by atoms with Gasteiger partial charge in [-0.1, -0.05) is 29.3 Å². The van der Waals surface area contributed by atoms with Gasteiger partial charge in [0.2, 0.25) is 0 Å². The summed E-state index contributed by atoms with van der Waals surface area (Å²) in [6, 6.07) is 8.69. The zero-order chi connectivity index (χ0) is 17.4. The number of hydrogen-bond donors (Lipinski definition) is 1. The van der Waals surface area contributed by atoms with Crippen LogP contribution < -0.4 is 0 Å².